The summed E-state index contributed by atoms with van der Waals surface area (Å²) in [6.07, 6.45) is 7.32. The fourth-order valence-electron chi connectivity index (χ4n) is 3.98. The predicted molar refractivity (Wildman–Crippen MR) is 104 cm³/mol. The second kappa shape index (κ2) is 7.03. The minimum atomic E-state index is 0.0644. The van der Waals surface area contributed by atoms with Crippen LogP contribution in [0.1, 0.15) is 34.8 Å². The molecule has 28 heavy (non-hydrogen) atoms. The third kappa shape index (κ3) is 3.01. The van der Waals surface area contributed by atoms with E-state index in [0.29, 0.717) is 18.8 Å². The smallest absolute Gasteiger partial charge is 0.254 e. The van der Waals surface area contributed by atoms with Crippen LogP contribution in [0.15, 0.2) is 61.2 Å². The molecule has 6 heteroatoms. The summed E-state index contributed by atoms with van der Waals surface area (Å²) >= 11 is 0. The van der Waals surface area contributed by atoms with Gasteiger partial charge in [0.25, 0.3) is 5.91 Å². The lowest BCUT2D eigenvalue weighted by atomic mass is 10.0. The van der Waals surface area contributed by atoms with E-state index in [0.717, 1.165) is 42.1 Å². The first-order chi connectivity index (χ1) is 13.8. The molecule has 0 N–H and O–H groups in total. The van der Waals surface area contributed by atoms with Gasteiger partial charge in [-0.1, -0.05) is 6.07 Å². The molecule has 2 aromatic carbocycles. The van der Waals surface area contributed by atoms with E-state index in [-0.39, 0.29) is 11.9 Å². The molecule has 1 saturated heterocycles. The van der Waals surface area contributed by atoms with Crippen LogP contribution in [0, 0.1) is 0 Å². The van der Waals surface area contributed by atoms with Gasteiger partial charge in [-0.2, -0.15) is 0 Å². The lowest BCUT2D eigenvalue weighted by Crippen LogP contribution is -2.30. The molecule has 1 fully saturated rings. The van der Waals surface area contributed by atoms with Crippen molar-refractivity contribution < 1.29 is 14.3 Å². The Kier molecular flexibility index (Phi) is 4.24. The number of hydrogen-bond donors (Lipinski definition) is 0. The van der Waals surface area contributed by atoms with Crippen molar-refractivity contribution in [2.24, 2.45) is 0 Å². The maximum Gasteiger partial charge on any atom is 0.254 e. The number of aromatic nitrogens is 2. The molecule has 1 aromatic heterocycles. The molecule has 2 aliphatic heterocycles. The largest absolute Gasteiger partial charge is 0.486 e. The van der Waals surface area contributed by atoms with Crippen molar-refractivity contribution in [2.45, 2.75) is 18.9 Å². The number of likely N-dealkylation sites (tertiary alicyclic amines) is 1. The number of nitrogens with zero attached hydrogens (tertiary/aromatic N) is 3. The minimum absolute atomic E-state index is 0.0644. The fourth-order valence-corrected chi connectivity index (χ4v) is 3.98. The van der Waals surface area contributed by atoms with Crippen LogP contribution in [-0.4, -0.2) is 40.1 Å². The SMILES string of the molecule is O=C(c1ccc(-n2ccnc2)cc1)N1CCCC1c1ccc2c(c1)OCCO2. The number of amides is 1. The molecule has 1 unspecified atom stereocenters. The number of rotatable bonds is 3. The number of benzene rings is 2. The van der Waals surface area contributed by atoms with Crippen molar-refractivity contribution in [3.63, 3.8) is 0 Å². The molecule has 5 rings (SSSR count). The van der Waals surface area contributed by atoms with Gasteiger partial charge >= 0.3 is 0 Å². The third-order valence-corrected chi connectivity index (χ3v) is 5.38. The number of carbonyl (C=O) groups is 1. The maximum atomic E-state index is 13.2. The van der Waals surface area contributed by atoms with E-state index >= 15 is 0 Å². The molecule has 1 amide bonds. The third-order valence-electron chi connectivity index (χ3n) is 5.38. The van der Waals surface area contributed by atoms with Crippen LogP contribution >= 0.6 is 0 Å². The summed E-state index contributed by atoms with van der Waals surface area (Å²) in [5.41, 5.74) is 2.79. The molecule has 2 aliphatic rings. The molecule has 1 atom stereocenters. The second-order valence-corrected chi connectivity index (χ2v) is 7.08. The van der Waals surface area contributed by atoms with Gasteiger partial charge in [0.05, 0.1) is 12.4 Å². The van der Waals surface area contributed by atoms with Gasteiger partial charge in [-0.25, -0.2) is 4.98 Å². The Bertz CT molecular complexity index is 983. The highest BCUT2D eigenvalue weighted by Gasteiger charge is 2.31. The number of ether oxygens (including phenoxy) is 2. The van der Waals surface area contributed by atoms with E-state index < -0.39 is 0 Å². The molecular weight excluding hydrogens is 354 g/mol. The zero-order chi connectivity index (χ0) is 18.9. The van der Waals surface area contributed by atoms with Crippen LogP contribution in [-0.2, 0) is 0 Å². The topological polar surface area (TPSA) is 56.6 Å². The van der Waals surface area contributed by atoms with E-state index in [1.807, 2.05) is 58.1 Å². The average Bonchev–Trinajstić information content (AvgIpc) is 3.45. The molecule has 3 heterocycles. The van der Waals surface area contributed by atoms with Gasteiger partial charge < -0.3 is 18.9 Å². The summed E-state index contributed by atoms with van der Waals surface area (Å²) in [6.45, 7) is 1.91. The highest BCUT2D eigenvalue weighted by Crippen LogP contribution is 2.38. The molecule has 0 spiro atoms. The Morgan fingerprint density at radius 2 is 1.86 bits per heavy atom. The molecule has 0 saturated carbocycles. The average molecular weight is 375 g/mol. The Labute approximate surface area is 163 Å². The van der Waals surface area contributed by atoms with Gasteiger partial charge in [-0.15, -0.1) is 0 Å². The molecule has 0 bridgehead atoms. The van der Waals surface area contributed by atoms with Crippen molar-refractivity contribution in [3.8, 4) is 17.2 Å². The molecule has 0 aliphatic carbocycles. The lowest BCUT2D eigenvalue weighted by Gasteiger charge is -2.27. The van der Waals surface area contributed by atoms with Crippen molar-refractivity contribution in [1.82, 2.24) is 14.5 Å². The Morgan fingerprint density at radius 3 is 2.64 bits per heavy atom. The van der Waals surface area contributed by atoms with E-state index in [4.69, 9.17) is 9.47 Å². The van der Waals surface area contributed by atoms with Crippen LogP contribution in [0.2, 0.25) is 0 Å². The fraction of sp³-hybridized carbons (Fsp3) is 0.273. The summed E-state index contributed by atoms with van der Waals surface area (Å²) in [6, 6.07) is 13.8. The van der Waals surface area contributed by atoms with E-state index in [9.17, 15) is 4.79 Å². The summed E-state index contributed by atoms with van der Waals surface area (Å²) < 4.78 is 13.3. The van der Waals surface area contributed by atoms with E-state index in [1.165, 1.54) is 0 Å². The van der Waals surface area contributed by atoms with Crippen molar-refractivity contribution in [3.05, 3.63) is 72.3 Å². The van der Waals surface area contributed by atoms with Gasteiger partial charge in [-0.3, -0.25) is 4.79 Å². The Hall–Kier alpha value is -3.28. The normalized spacial score (nSPS) is 18.3. The highest BCUT2D eigenvalue weighted by atomic mass is 16.6. The number of carbonyl (C=O) groups excluding carboxylic acids is 1. The summed E-state index contributed by atoms with van der Waals surface area (Å²) in [5.74, 6) is 1.61. The first-order valence-corrected chi connectivity index (χ1v) is 9.58. The number of imidazole rings is 1. The molecular formula is C22H21N3O3. The van der Waals surface area contributed by atoms with Crippen LogP contribution < -0.4 is 9.47 Å². The molecule has 0 radical (unpaired) electrons. The van der Waals surface area contributed by atoms with E-state index in [1.54, 1.807) is 12.5 Å². The Morgan fingerprint density at radius 1 is 1.04 bits per heavy atom. The maximum absolute atomic E-state index is 13.2. The van der Waals surface area contributed by atoms with Crippen molar-refractivity contribution in [2.75, 3.05) is 19.8 Å². The van der Waals surface area contributed by atoms with Gasteiger partial charge in [0, 0.05) is 30.2 Å². The summed E-state index contributed by atoms with van der Waals surface area (Å²) in [5, 5.41) is 0. The van der Waals surface area contributed by atoms with Crippen LogP contribution in [0.3, 0.4) is 0 Å². The van der Waals surface area contributed by atoms with Gasteiger partial charge in [0.15, 0.2) is 11.5 Å². The Balaban J connectivity index is 1.38. The first-order valence-electron chi connectivity index (χ1n) is 9.58. The van der Waals surface area contributed by atoms with Crippen molar-refractivity contribution >= 4 is 5.91 Å². The molecule has 3 aromatic rings. The van der Waals surface area contributed by atoms with Gasteiger partial charge in [0.2, 0.25) is 0 Å². The molecule has 142 valence electrons. The predicted octanol–water partition coefficient (Wildman–Crippen LogP) is 3.62. The van der Waals surface area contributed by atoms with Crippen LogP contribution in [0.4, 0.5) is 0 Å². The van der Waals surface area contributed by atoms with E-state index in [2.05, 4.69) is 4.98 Å². The van der Waals surface area contributed by atoms with Crippen LogP contribution in [0.5, 0.6) is 11.5 Å². The summed E-state index contributed by atoms with van der Waals surface area (Å²) in [4.78, 5) is 19.2. The van der Waals surface area contributed by atoms with Gasteiger partial charge in [-0.05, 0) is 54.8 Å². The number of fused-ring (bicyclic) bond motifs is 1. The zero-order valence-corrected chi connectivity index (χ0v) is 15.5. The van der Waals surface area contributed by atoms with Crippen LogP contribution in [0.25, 0.3) is 5.69 Å². The number of hydrogen-bond acceptors (Lipinski definition) is 4. The monoisotopic (exact) mass is 375 g/mol. The van der Waals surface area contributed by atoms with Gasteiger partial charge in [0.1, 0.15) is 13.2 Å². The second-order valence-electron chi connectivity index (χ2n) is 7.08. The lowest BCUT2D eigenvalue weighted by molar-refractivity contribution is 0.0735. The standard InChI is InChI=1S/C22H21N3O3/c26-22(16-3-6-18(7-4-16)24-11-9-23-15-24)25-10-1-2-19(25)17-5-8-20-21(14-17)28-13-12-27-20/h3-9,11,14-15,19H,1-2,10,12-13H2. The highest BCUT2D eigenvalue weighted by molar-refractivity contribution is 5.94. The van der Waals surface area contributed by atoms with Crippen molar-refractivity contribution in [1.29, 1.82) is 0 Å². The summed E-state index contributed by atoms with van der Waals surface area (Å²) in [7, 11) is 0. The minimum Gasteiger partial charge on any atom is -0.486 e. The quantitative estimate of drug-likeness (QED) is 0.702. The molecule has 6 nitrogen and oxygen atoms in total. The first kappa shape index (κ1) is 16.9. The zero-order valence-electron chi connectivity index (χ0n) is 15.5.